The topological polar surface area (TPSA) is 166 Å². The van der Waals surface area contributed by atoms with Gasteiger partial charge in [0.25, 0.3) is 0 Å². The van der Waals surface area contributed by atoms with Crippen LogP contribution in [0.1, 0.15) is 13.8 Å². The van der Waals surface area contributed by atoms with Gasteiger partial charge in [0.2, 0.25) is 11.3 Å². The minimum absolute atomic E-state index is 0.00122. The molecule has 0 radical (unpaired) electrons. The van der Waals surface area contributed by atoms with Crippen LogP contribution in [0.3, 0.4) is 0 Å². The van der Waals surface area contributed by atoms with Gasteiger partial charge in [-0.2, -0.15) is 0 Å². The molecule has 26 heavy (non-hydrogen) atoms. The molecule has 152 valence electrons. The Balaban J connectivity index is 2.94. The van der Waals surface area contributed by atoms with Gasteiger partial charge >= 0.3 is 7.60 Å². The fourth-order valence-corrected chi connectivity index (χ4v) is 3.86. The van der Waals surface area contributed by atoms with Gasteiger partial charge in [0, 0.05) is 13.6 Å². The summed E-state index contributed by atoms with van der Waals surface area (Å²) >= 11 is 0. The zero-order valence-corrected chi connectivity index (χ0v) is 15.8. The van der Waals surface area contributed by atoms with Crippen LogP contribution in [0.5, 0.6) is 0 Å². The predicted octanol–water partition coefficient (Wildman–Crippen LogP) is -1.56. The Bertz CT molecular complexity index is 575. The molecule has 0 spiro atoms. The van der Waals surface area contributed by atoms with Gasteiger partial charge in [-0.25, -0.2) is 4.98 Å². The van der Waals surface area contributed by atoms with Gasteiger partial charge in [0.15, 0.2) is 6.39 Å². The van der Waals surface area contributed by atoms with Crippen LogP contribution in [0, 0.1) is 0 Å². The van der Waals surface area contributed by atoms with Crippen LogP contribution >= 0.6 is 7.60 Å². The molecule has 11 nitrogen and oxygen atoms in total. The van der Waals surface area contributed by atoms with E-state index < -0.39 is 38.6 Å². The molecule has 0 fully saturated rings. The quantitative estimate of drug-likeness (QED) is 0.258. The smallest absolute Gasteiger partial charge is 0.385 e. The van der Waals surface area contributed by atoms with Gasteiger partial charge < -0.3 is 43.9 Å². The van der Waals surface area contributed by atoms with Crippen molar-refractivity contribution in [2.24, 2.45) is 0 Å². The number of rotatable bonds is 12. The maximum Gasteiger partial charge on any atom is 0.385 e. The molecular weight excluding hydrogens is 371 g/mol. The third-order valence-electron chi connectivity index (χ3n) is 3.52. The largest absolute Gasteiger partial charge is 0.427 e. The molecule has 0 aliphatic rings. The second-order valence-electron chi connectivity index (χ2n) is 5.49. The molecule has 1 aromatic rings. The van der Waals surface area contributed by atoms with Crippen LogP contribution in [-0.2, 0) is 13.6 Å². The second-order valence-corrected chi connectivity index (χ2v) is 7.43. The number of aliphatic hydroxyl groups is 5. The van der Waals surface area contributed by atoms with Crippen LogP contribution in [0.15, 0.2) is 10.8 Å². The van der Waals surface area contributed by atoms with E-state index in [4.69, 9.17) is 18.6 Å². The van der Waals surface area contributed by atoms with E-state index in [1.807, 2.05) is 0 Å². The highest BCUT2D eigenvalue weighted by Crippen LogP contribution is 2.48. The van der Waals surface area contributed by atoms with E-state index in [1.165, 1.54) is 11.9 Å². The molecule has 0 aliphatic heterocycles. The normalized spacial score (nSPS) is 16.9. The highest BCUT2D eigenvalue weighted by Gasteiger charge is 2.37. The lowest BCUT2D eigenvalue weighted by atomic mass is 10.0. The Labute approximate surface area is 151 Å². The second kappa shape index (κ2) is 10.3. The Morgan fingerprint density at radius 1 is 1.15 bits per heavy atom. The SMILES string of the molecule is CCOP(=O)(OCC)c1ncoc1N(C)C[C@H](O)[C@H](O)[C@@H](O)[C@@H](O)CO. The van der Waals surface area contributed by atoms with Crippen molar-refractivity contribution in [3.8, 4) is 0 Å². The van der Waals surface area contributed by atoms with Gasteiger partial charge in [0.1, 0.15) is 24.4 Å². The summed E-state index contributed by atoms with van der Waals surface area (Å²) in [5, 5.41) is 47.8. The first-order valence-corrected chi connectivity index (χ1v) is 9.63. The molecule has 0 aromatic carbocycles. The van der Waals surface area contributed by atoms with Gasteiger partial charge in [0.05, 0.1) is 19.8 Å². The minimum atomic E-state index is -3.74. The lowest BCUT2D eigenvalue weighted by Gasteiger charge is -2.28. The molecule has 0 bridgehead atoms. The lowest BCUT2D eigenvalue weighted by molar-refractivity contribution is -0.112. The Morgan fingerprint density at radius 2 is 1.69 bits per heavy atom. The number of aliphatic hydroxyl groups excluding tert-OH is 5. The van der Waals surface area contributed by atoms with E-state index in [-0.39, 0.29) is 31.1 Å². The molecule has 0 unspecified atom stereocenters. The zero-order valence-electron chi connectivity index (χ0n) is 14.9. The van der Waals surface area contributed by atoms with Crippen LogP contribution < -0.4 is 10.3 Å². The summed E-state index contributed by atoms with van der Waals surface area (Å²) in [6.07, 6.45) is -5.58. The third kappa shape index (κ3) is 5.48. The maximum atomic E-state index is 12.9. The fourth-order valence-electron chi connectivity index (χ4n) is 2.22. The van der Waals surface area contributed by atoms with Crippen molar-refractivity contribution in [2.45, 2.75) is 38.3 Å². The van der Waals surface area contributed by atoms with E-state index in [0.717, 1.165) is 6.39 Å². The van der Waals surface area contributed by atoms with Crippen molar-refractivity contribution in [3.63, 3.8) is 0 Å². The van der Waals surface area contributed by atoms with Crippen molar-refractivity contribution in [3.05, 3.63) is 6.39 Å². The summed E-state index contributed by atoms with van der Waals surface area (Å²) in [5.41, 5.74) is -0.0821. The van der Waals surface area contributed by atoms with E-state index >= 15 is 0 Å². The summed E-state index contributed by atoms with van der Waals surface area (Å²) < 4.78 is 28.5. The average molecular weight is 398 g/mol. The summed E-state index contributed by atoms with van der Waals surface area (Å²) in [6, 6.07) is 0. The molecule has 1 heterocycles. The predicted molar refractivity (Wildman–Crippen MR) is 91.4 cm³/mol. The number of hydrogen-bond donors (Lipinski definition) is 5. The number of aromatic nitrogens is 1. The first-order valence-electron chi connectivity index (χ1n) is 8.09. The summed E-state index contributed by atoms with van der Waals surface area (Å²) in [6.45, 7) is 2.46. The Morgan fingerprint density at radius 3 is 2.19 bits per heavy atom. The van der Waals surface area contributed by atoms with Crippen molar-refractivity contribution in [1.29, 1.82) is 0 Å². The van der Waals surface area contributed by atoms with Crippen molar-refractivity contribution < 1.29 is 43.6 Å². The standard InChI is InChI=1S/C14H27N2O9P/c1-4-24-26(22,25-5-2)13-14(23-8-15-13)16(3)6-9(18)11(20)12(21)10(19)7-17/h8-12,17-21H,4-7H2,1-3H3/t9-,10-,11-,12-/m0/s1. The zero-order chi connectivity index (χ0) is 19.9. The highest BCUT2D eigenvalue weighted by atomic mass is 31.2. The van der Waals surface area contributed by atoms with Crippen molar-refractivity contribution >= 4 is 18.9 Å². The first-order chi connectivity index (χ1) is 12.2. The van der Waals surface area contributed by atoms with Crippen LogP contribution in [-0.4, -0.2) is 88.3 Å². The van der Waals surface area contributed by atoms with Crippen LogP contribution in [0.25, 0.3) is 0 Å². The van der Waals surface area contributed by atoms with Crippen LogP contribution in [0.4, 0.5) is 5.88 Å². The van der Waals surface area contributed by atoms with E-state index in [9.17, 15) is 25.0 Å². The molecular formula is C14H27N2O9P. The van der Waals surface area contributed by atoms with Crippen LogP contribution in [0.2, 0.25) is 0 Å². The van der Waals surface area contributed by atoms with E-state index in [2.05, 4.69) is 4.98 Å². The molecule has 1 aromatic heterocycles. The summed E-state index contributed by atoms with van der Waals surface area (Å²) in [7, 11) is -2.27. The Kier molecular flexibility index (Phi) is 9.14. The highest BCUT2D eigenvalue weighted by molar-refractivity contribution is 7.62. The van der Waals surface area contributed by atoms with E-state index in [1.54, 1.807) is 13.8 Å². The molecule has 12 heteroatoms. The van der Waals surface area contributed by atoms with Gasteiger partial charge in [-0.3, -0.25) is 4.57 Å². The first kappa shape index (κ1) is 23.0. The molecule has 0 saturated heterocycles. The fraction of sp³-hybridized carbons (Fsp3) is 0.786. The van der Waals surface area contributed by atoms with Crippen molar-refractivity contribution in [2.75, 3.05) is 38.3 Å². The molecule has 0 saturated carbocycles. The number of oxazole rings is 1. The monoisotopic (exact) mass is 398 g/mol. The molecule has 0 aliphatic carbocycles. The van der Waals surface area contributed by atoms with Gasteiger partial charge in [-0.15, -0.1) is 0 Å². The number of anilines is 1. The number of nitrogens with zero attached hydrogens (tertiary/aromatic N) is 2. The van der Waals surface area contributed by atoms with E-state index in [0.29, 0.717) is 0 Å². The minimum Gasteiger partial charge on any atom is -0.427 e. The number of likely N-dealkylation sites (N-methyl/N-ethyl adjacent to an activating group) is 1. The Hall–Kier alpha value is -1.04. The van der Waals surface area contributed by atoms with Crippen molar-refractivity contribution in [1.82, 2.24) is 4.98 Å². The molecule has 0 amide bonds. The van der Waals surface area contributed by atoms with Gasteiger partial charge in [-0.1, -0.05) is 0 Å². The molecule has 4 atom stereocenters. The maximum absolute atomic E-state index is 12.9. The third-order valence-corrected chi connectivity index (χ3v) is 5.54. The molecule has 5 N–H and O–H groups in total. The average Bonchev–Trinajstić information content (AvgIpc) is 3.10. The summed E-state index contributed by atoms with van der Waals surface area (Å²) in [4.78, 5) is 5.19. The number of hydrogen-bond acceptors (Lipinski definition) is 11. The van der Waals surface area contributed by atoms with Gasteiger partial charge in [-0.05, 0) is 13.8 Å². The lowest BCUT2D eigenvalue weighted by Crippen LogP contribution is -2.49. The summed E-state index contributed by atoms with van der Waals surface area (Å²) in [5.74, 6) is -0.00122. The molecule has 1 rings (SSSR count).